The molecule has 4 fully saturated rings. The molecule has 5 aliphatic rings. The summed E-state index contributed by atoms with van der Waals surface area (Å²) in [4.78, 5) is 11.8. The Hall–Kier alpha value is -1.03. The highest BCUT2D eigenvalue weighted by Crippen LogP contribution is 2.71. The van der Waals surface area contributed by atoms with Crippen molar-refractivity contribution in [3.63, 3.8) is 0 Å². The van der Waals surface area contributed by atoms with Crippen LogP contribution in [0.1, 0.15) is 65.7 Å². The van der Waals surface area contributed by atoms with Crippen LogP contribution in [0.15, 0.2) is 11.6 Å². The van der Waals surface area contributed by atoms with Crippen molar-refractivity contribution >= 4 is 5.97 Å². The number of aliphatic hydroxyl groups is 4. The van der Waals surface area contributed by atoms with E-state index in [1.165, 1.54) is 0 Å². The number of cyclic esters (lactones) is 1. The Morgan fingerprint density at radius 3 is 2.54 bits per heavy atom. The lowest BCUT2D eigenvalue weighted by atomic mass is 9.40. The molecule has 0 aromatic heterocycles. The van der Waals surface area contributed by atoms with Gasteiger partial charge in [0.15, 0.2) is 0 Å². The maximum Gasteiger partial charge on any atom is 0.331 e. The number of esters is 1. The highest BCUT2D eigenvalue weighted by molar-refractivity contribution is 5.85. The van der Waals surface area contributed by atoms with Gasteiger partial charge < -0.3 is 34.6 Å². The number of fused-ring (bicyclic) bond motifs is 5. The first-order chi connectivity index (χ1) is 16.6. The number of aliphatic hydroxyl groups excluding tert-OH is 2. The van der Waals surface area contributed by atoms with E-state index >= 15 is 0 Å². The summed E-state index contributed by atoms with van der Waals surface area (Å²) in [7, 11) is 0. The molecule has 198 valence electrons. The summed E-state index contributed by atoms with van der Waals surface area (Å²) in [5, 5.41) is 47.2. The Kier molecular flexibility index (Phi) is 6.42. The molecule has 10 atom stereocenters. The molecule has 0 spiro atoms. The molecule has 0 aromatic rings. The molecule has 1 heterocycles. The van der Waals surface area contributed by atoms with Gasteiger partial charge in [-0.3, -0.25) is 0 Å². The fraction of sp³-hybridized carbons (Fsp3) is 0.889. The van der Waals surface area contributed by atoms with Gasteiger partial charge in [0.2, 0.25) is 0 Å². The molecule has 5 rings (SSSR count). The van der Waals surface area contributed by atoms with Gasteiger partial charge in [0.25, 0.3) is 0 Å². The molecule has 8 heteroatoms. The summed E-state index contributed by atoms with van der Waals surface area (Å²) < 4.78 is 17.4. The molecular formula is C27H42O8. The third kappa shape index (κ3) is 3.43. The van der Waals surface area contributed by atoms with Crippen LogP contribution in [-0.4, -0.2) is 82.3 Å². The Morgan fingerprint density at radius 2 is 1.89 bits per heavy atom. The minimum absolute atomic E-state index is 0.0472. The van der Waals surface area contributed by atoms with Crippen molar-refractivity contribution in [2.24, 2.45) is 28.6 Å². The van der Waals surface area contributed by atoms with Gasteiger partial charge in [0, 0.05) is 43.5 Å². The second kappa shape index (κ2) is 8.77. The van der Waals surface area contributed by atoms with E-state index in [-0.39, 0.29) is 37.4 Å². The van der Waals surface area contributed by atoms with E-state index < -0.39 is 46.3 Å². The lowest BCUT2D eigenvalue weighted by molar-refractivity contribution is -0.324. The predicted octanol–water partition coefficient (Wildman–Crippen LogP) is 1.72. The molecule has 0 bridgehead atoms. The van der Waals surface area contributed by atoms with Gasteiger partial charge in [-0.25, -0.2) is 4.79 Å². The fourth-order valence-electron chi connectivity index (χ4n) is 9.32. The van der Waals surface area contributed by atoms with Crippen LogP contribution >= 0.6 is 0 Å². The first-order valence-corrected chi connectivity index (χ1v) is 13.4. The molecule has 0 saturated heterocycles. The molecule has 4 saturated carbocycles. The topological polar surface area (TPSA) is 126 Å². The van der Waals surface area contributed by atoms with Crippen molar-refractivity contribution < 1.29 is 39.4 Å². The summed E-state index contributed by atoms with van der Waals surface area (Å²) in [6, 6.07) is 0. The van der Waals surface area contributed by atoms with Crippen LogP contribution in [0.25, 0.3) is 0 Å². The van der Waals surface area contributed by atoms with E-state index in [1.807, 2.05) is 13.8 Å². The number of carbonyl (C=O) groups excluding carboxylic acids is 1. The SMILES string of the molecule is CCOCC12C3C(CC[C@]1(O)C[C@@H](O)C[C@H]2OCC)[C@@]1(O)CC[C@H](C2=CC(=O)OC2)[C@@]1(C)C[C@H]3O. The maximum absolute atomic E-state index is 12.5. The van der Waals surface area contributed by atoms with Crippen LogP contribution in [0.4, 0.5) is 0 Å². The van der Waals surface area contributed by atoms with Crippen molar-refractivity contribution in [2.45, 2.75) is 95.2 Å². The fourth-order valence-corrected chi connectivity index (χ4v) is 9.32. The van der Waals surface area contributed by atoms with Gasteiger partial charge in [0.1, 0.15) is 6.61 Å². The highest BCUT2D eigenvalue weighted by Gasteiger charge is 2.75. The largest absolute Gasteiger partial charge is 0.458 e. The molecule has 8 nitrogen and oxygen atoms in total. The number of hydrogen-bond acceptors (Lipinski definition) is 8. The maximum atomic E-state index is 12.5. The lowest BCUT2D eigenvalue weighted by Crippen LogP contribution is -2.76. The molecule has 4 N–H and O–H groups in total. The molecular weight excluding hydrogens is 452 g/mol. The summed E-state index contributed by atoms with van der Waals surface area (Å²) in [5.74, 6) is -1.09. The summed E-state index contributed by atoms with van der Waals surface area (Å²) >= 11 is 0. The van der Waals surface area contributed by atoms with Crippen LogP contribution in [0.5, 0.6) is 0 Å². The summed E-state index contributed by atoms with van der Waals surface area (Å²) in [5.41, 5.74) is -2.99. The van der Waals surface area contributed by atoms with Crippen molar-refractivity contribution in [1.29, 1.82) is 0 Å². The van der Waals surface area contributed by atoms with Crippen molar-refractivity contribution in [3.8, 4) is 0 Å². The summed E-state index contributed by atoms with van der Waals surface area (Å²) in [6.07, 6.45) is 2.75. The van der Waals surface area contributed by atoms with Crippen LogP contribution in [0.2, 0.25) is 0 Å². The minimum atomic E-state index is -1.27. The molecule has 0 amide bonds. The second-order valence-corrected chi connectivity index (χ2v) is 11.9. The minimum Gasteiger partial charge on any atom is -0.458 e. The van der Waals surface area contributed by atoms with Gasteiger partial charge in [0.05, 0.1) is 41.5 Å². The highest BCUT2D eigenvalue weighted by atomic mass is 16.5. The zero-order valence-corrected chi connectivity index (χ0v) is 21.2. The molecule has 35 heavy (non-hydrogen) atoms. The standard InChI is InChI=1S/C27H42O8/c1-4-33-15-26-21(34-5-2)11-17(28)12-25(26,31)8-6-19-23(26)20(29)13-24(3)18(7-9-27(19,24)32)16-10-22(30)35-14-16/h10,17-21,23,28-29,31-32H,4-9,11-15H2,1-3H3/t17-,18+,19?,20+,21+,23?,24+,25-,26?,27-/m0/s1. The average Bonchev–Trinajstić information content (AvgIpc) is 3.32. The molecule has 0 radical (unpaired) electrons. The van der Waals surface area contributed by atoms with Crippen molar-refractivity contribution in [2.75, 3.05) is 26.4 Å². The molecule has 0 aromatic carbocycles. The Morgan fingerprint density at radius 1 is 1.11 bits per heavy atom. The lowest BCUT2D eigenvalue weighted by Gasteiger charge is -2.69. The van der Waals surface area contributed by atoms with Gasteiger partial charge in [-0.15, -0.1) is 0 Å². The van der Waals surface area contributed by atoms with Gasteiger partial charge >= 0.3 is 5.97 Å². The number of carbonyl (C=O) groups is 1. The van der Waals surface area contributed by atoms with E-state index in [1.54, 1.807) is 6.08 Å². The van der Waals surface area contributed by atoms with E-state index in [9.17, 15) is 25.2 Å². The molecule has 3 unspecified atom stereocenters. The first kappa shape index (κ1) is 25.6. The predicted molar refractivity (Wildman–Crippen MR) is 126 cm³/mol. The monoisotopic (exact) mass is 494 g/mol. The third-order valence-corrected chi connectivity index (χ3v) is 10.7. The molecule has 4 aliphatic carbocycles. The summed E-state index contributed by atoms with van der Waals surface area (Å²) in [6.45, 7) is 7.19. The number of rotatable bonds is 6. The first-order valence-electron chi connectivity index (χ1n) is 13.4. The number of ether oxygens (including phenoxy) is 3. The van der Waals surface area contributed by atoms with Gasteiger partial charge in [-0.1, -0.05) is 6.92 Å². The van der Waals surface area contributed by atoms with Crippen LogP contribution in [-0.2, 0) is 19.0 Å². The van der Waals surface area contributed by atoms with E-state index in [0.717, 1.165) is 12.0 Å². The third-order valence-electron chi connectivity index (χ3n) is 10.7. The number of hydrogen-bond donors (Lipinski definition) is 4. The van der Waals surface area contributed by atoms with E-state index in [2.05, 4.69) is 6.92 Å². The Balaban J connectivity index is 1.60. The van der Waals surface area contributed by atoms with Crippen molar-refractivity contribution in [3.05, 3.63) is 11.6 Å². The quantitative estimate of drug-likeness (QED) is 0.412. The van der Waals surface area contributed by atoms with Crippen LogP contribution < -0.4 is 0 Å². The van der Waals surface area contributed by atoms with E-state index in [4.69, 9.17) is 14.2 Å². The van der Waals surface area contributed by atoms with Gasteiger partial charge in [-0.2, -0.15) is 0 Å². The smallest absolute Gasteiger partial charge is 0.331 e. The van der Waals surface area contributed by atoms with Crippen molar-refractivity contribution in [1.82, 2.24) is 0 Å². The van der Waals surface area contributed by atoms with E-state index in [0.29, 0.717) is 45.3 Å². The van der Waals surface area contributed by atoms with Crippen LogP contribution in [0.3, 0.4) is 0 Å². The zero-order valence-electron chi connectivity index (χ0n) is 21.2. The zero-order chi connectivity index (χ0) is 25.2. The van der Waals surface area contributed by atoms with Crippen LogP contribution in [0, 0.1) is 28.6 Å². The van der Waals surface area contributed by atoms with Gasteiger partial charge in [-0.05, 0) is 63.4 Å². The second-order valence-electron chi connectivity index (χ2n) is 11.9. The molecule has 1 aliphatic heterocycles. The Bertz CT molecular complexity index is 875. The average molecular weight is 495 g/mol. The normalized spacial score (nSPS) is 51.3. The Labute approximate surface area is 207 Å².